The Morgan fingerprint density at radius 1 is 1.25 bits per heavy atom. The first-order chi connectivity index (χ1) is 11.6. The second kappa shape index (κ2) is 7.21. The van der Waals surface area contributed by atoms with Crippen LogP contribution < -0.4 is 11.1 Å². The number of nitrogens with zero attached hydrogens (tertiary/aromatic N) is 4. The topological polar surface area (TPSA) is 101 Å². The van der Waals surface area contributed by atoms with E-state index in [4.69, 9.17) is 5.73 Å². The Morgan fingerprint density at radius 3 is 2.71 bits per heavy atom. The molecule has 2 aromatic heterocycles. The number of para-hydroxylation sites is 1. The van der Waals surface area contributed by atoms with Gasteiger partial charge in [0.15, 0.2) is 5.82 Å². The SMILES string of the molecule is N#C/C(=C\c1csc(Br)c1)c1nc(N)nc(Nc2ccccc2)n1. The maximum Gasteiger partial charge on any atom is 0.232 e. The average Bonchev–Trinajstić information content (AvgIpc) is 2.98. The molecule has 3 rings (SSSR count). The number of hydrogen-bond acceptors (Lipinski definition) is 7. The van der Waals surface area contributed by atoms with Gasteiger partial charge in [0.1, 0.15) is 6.07 Å². The fourth-order valence-corrected chi connectivity index (χ4v) is 3.07. The molecular weight excluding hydrogens is 388 g/mol. The third-order valence-electron chi connectivity index (χ3n) is 2.94. The standard InChI is InChI=1S/C16H11BrN6S/c17-13-7-10(9-24-13)6-11(8-18)14-21-15(19)23-16(22-14)20-12-4-2-1-3-5-12/h1-7,9H,(H3,19,20,21,22,23)/b11-6+. The van der Waals surface area contributed by atoms with Crippen LogP contribution in [0.2, 0.25) is 0 Å². The average molecular weight is 399 g/mol. The van der Waals surface area contributed by atoms with Crippen LogP contribution in [0.4, 0.5) is 17.6 Å². The van der Waals surface area contributed by atoms with Crippen LogP contribution in [-0.4, -0.2) is 15.0 Å². The van der Waals surface area contributed by atoms with Gasteiger partial charge < -0.3 is 11.1 Å². The van der Waals surface area contributed by atoms with Crippen molar-refractivity contribution in [3.63, 3.8) is 0 Å². The Hall–Kier alpha value is -2.76. The summed E-state index contributed by atoms with van der Waals surface area (Å²) in [5, 5.41) is 14.4. The molecule has 6 nitrogen and oxygen atoms in total. The van der Waals surface area contributed by atoms with Crippen LogP contribution in [0.15, 0.2) is 45.6 Å². The number of nitrogens with two attached hydrogens (primary N) is 1. The molecule has 0 radical (unpaired) electrons. The van der Waals surface area contributed by atoms with E-state index in [1.807, 2.05) is 41.8 Å². The molecule has 3 N–H and O–H groups in total. The number of anilines is 3. The minimum Gasteiger partial charge on any atom is -0.368 e. The summed E-state index contributed by atoms with van der Waals surface area (Å²) in [6.45, 7) is 0. The lowest BCUT2D eigenvalue weighted by Crippen LogP contribution is -2.06. The number of halogens is 1. The molecule has 3 aromatic rings. The minimum atomic E-state index is 0.0473. The Kier molecular flexibility index (Phi) is 4.84. The van der Waals surface area contributed by atoms with Crippen molar-refractivity contribution in [1.82, 2.24) is 15.0 Å². The van der Waals surface area contributed by atoms with Crippen molar-refractivity contribution in [2.75, 3.05) is 11.1 Å². The highest BCUT2D eigenvalue weighted by Gasteiger charge is 2.10. The van der Waals surface area contributed by atoms with Gasteiger partial charge in [-0.1, -0.05) is 18.2 Å². The summed E-state index contributed by atoms with van der Waals surface area (Å²) in [4.78, 5) is 12.4. The maximum atomic E-state index is 9.43. The van der Waals surface area contributed by atoms with Crippen molar-refractivity contribution in [3.8, 4) is 6.07 Å². The third-order valence-corrected chi connectivity index (χ3v) is 4.47. The van der Waals surface area contributed by atoms with Crippen molar-refractivity contribution in [1.29, 1.82) is 5.26 Å². The van der Waals surface area contributed by atoms with Crippen molar-refractivity contribution in [3.05, 3.63) is 57.0 Å². The quantitative estimate of drug-likeness (QED) is 0.641. The molecule has 0 fully saturated rings. The molecule has 24 heavy (non-hydrogen) atoms. The van der Waals surface area contributed by atoms with Crippen LogP contribution >= 0.6 is 27.3 Å². The van der Waals surface area contributed by atoms with E-state index in [0.717, 1.165) is 15.0 Å². The number of benzene rings is 1. The molecule has 0 amide bonds. The zero-order valence-electron chi connectivity index (χ0n) is 12.3. The molecular formula is C16H11BrN6S. The molecule has 0 bridgehead atoms. The summed E-state index contributed by atoms with van der Waals surface area (Å²) in [5.74, 6) is 0.563. The van der Waals surface area contributed by atoms with E-state index in [9.17, 15) is 5.26 Å². The predicted octanol–water partition coefficient (Wildman–Crippen LogP) is 4.09. The van der Waals surface area contributed by atoms with Crippen LogP contribution in [0.1, 0.15) is 11.4 Å². The summed E-state index contributed by atoms with van der Waals surface area (Å²) >= 11 is 4.93. The number of thiophene rings is 1. The van der Waals surface area contributed by atoms with E-state index in [1.165, 1.54) is 11.3 Å². The van der Waals surface area contributed by atoms with Gasteiger partial charge >= 0.3 is 0 Å². The smallest absolute Gasteiger partial charge is 0.232 e. The molecule has 0 unspecified atom stereocenters. The first-order valence-electron chi connectivity index (χ1n) is 6.84. The van der Waals surface area contributed by atoms with Crippen LogP contribution in [0.5, 0.6) is 0 Å². The van der Waals surface area contributed by atoms with Crippen molar-refractivity contribution < 1.29 is 0 Å². The molecule has 0 atom stereocenters. The number of nitrogen functional groups attached to an aromatic ring is 1. The monoisotopic (exact) mass is 398 g/mol. The van der Waals surface area contributed by atoms with E-state index in [2.05, 4.69) is 42.3 Å². The number of nitrogens with one attached hydrogen (secondary N) is 1. The van der Waals surface area contributed by atoms with E-state index >= 15 is 0 Å². The van der Waals surface area contributed by atoms with Gasteiger partial charge in [-0.25, -0.2) is 0 Å². The van der Waals surface area contributed by atoms with Gasteiger partial charge in [-0.15, -0.1) is 11.3 Å². The lowest BCUT2D eigenvalue weighted by molar-refractivity contribution is 1.04. The molecule has 0 aliphatic heterocycles. The van der Waals surface area contributed by atoms with Gasteiger partial charge in [0.2, 0.25) is 11.9 Å². The second-order valence-electron chi connectivity index (χ2n) is 4.69. The van der Waals surface area contributed by atoms with E-state index in [-0.39, 0.29) is 17.7 Å². The van der Waals surface area contributed by atoms with Crippen LogP contribution in [0.25, 0.3) is 11.6 Å². The van der Waals surface area contributed by atoms with Gasteiger partial charge in [-0.3, -0.25) is 0 Å². The van der Waals surface area contributed by atoms with Crippen molar-refractivity contribution in [2.24, 2.45) is 0 Å². The van der Waals surface area contributed by atoms with Gasteiger partial charge in [-0.2, -0.15) is 20.2 Å². The highest BCUT2D eigenvalue weighted by atomic mass is 79.9. The fourth-order valence-electron chi connectivity index (χ4n) is 1.93. The van der Waals surface area contributed by atoms with Gasteiger partial charge in [0.25, 0.3) is 0 Å². The Balaban J connectivity index is 1.95. The van der Waals surface area contributed by atoms with E-state index in [0.29, 0.717) is 5.57 Å². The predicted molar refractivity (Wildman–Crippen MR) is 99.5 cm³/mol. The van der Waals surface area contributed by atoms with Crippen molar-refractivity contribution >= 4 is 56.5 Å². The highest BCUT2D eigenvalue weighted by Crippen LogP contribution is 2.24. The maximum absolute atomic E-state index is 9.43. The third kappa shape index (κ3) is 3.95. The molecule has 2 heterocycles. The molecule has 0 aliphatic carbocycles. The molecule has 118 valence electrons. The molecule has 0 saturated heterocycles. The molecule has 8 heteroatoms. The summed E-state index contributed by atoms with van der Waals surface area (Å²) < 4.78 is 0.979. The summed E-state index contributed by atoms with van der Waals surface area (Å²) in [6.07, 6.45) is 1.71. The van der Waals surface area contributed by atoms with Crippen LogP contribution in [0, 0.1) is 11.3 Å². The molecule has 0 saturated carbocycles. The summed E-state index contributed by atoms with van der Waals surface area (Å²) in [5.41, 5.74) is 7.78. The van der Waals surface area contributed by atoms with E-state index < -0.39 is 0 Å². The lowest BCUT2D eigenvalue weighted by Gasteiger charge is -2.06. The zero-order chi connectivity index (χ0) is 16.9. The number of nitriles is 1. The number of rotatable bonds is 4. The largest absolute Gasteiger partial charge is 0.368 e. The van der Waals surface area contributed by atoms with Gasteiger partial charge in [0, 0.05) is 5.69 Å². The Bertz CT molecular complexity index is 929. The van der Waals surface area contributed by atoms with Crippen LogP contribution in [0.3, 0.4) is 0 Å². The Morgan fingerprint density at radius 2 is 2.04 bits per heavy atom. The number of allylic oxidation sites excluding steroid dienone is 1. The highest BCUT2D eigenvalue weighted by molar-refractivity contribution is 9.11. The number of aromatic nitrogens is 3. The second-order valence-corrected chi connectivity index (χ2v) is 6.98. The molecule has 0 spiro atoms. The fraction of sp³-hybridized carbons (Fsp3) is 0. The van der Waals surface area contributed by atoms with Gasteiger partial charge in [-0.05, 0) is 51.1 Å². The van der Waals surface area contributed by atoms with E-state index in [1.54, 1.807) is 6.08 Å². The Labute approximate surface area is 150 Å². The number of hydrogen-bond donors (Lipinski definition) is 2. The van der Waals surface area contributed by atoms with Crippen LogP contribution in [-0.2, 0) is 0 Å². The normalized spacial score (nSPS) is 11.1. The molecule has 1 aromatic carbocycles. The first-order valence-corrected chi connectivity index (χ1v) is 8.51. The molecule has 0 aliphatic rings. The first kappa shape index (κ1) is 16.1. The lowest BCUT2D eigenvalue weighted by atomic mass is 10.2. The minimum absolute atomic E-state index is 0.0473. The summed E-state index contributed by atoms with van der Waals surface area (Å²) in [6, 6.07) is 13.5. The summed E-state index contributed by atoms with van der Waals surface area (Å²) in [7, 11) is 0. The zero-order valence-corrected chi connectivity index (χ0v) is 14.7. The van der Waals surface area contributed by atoms with Crippen molar-refractivity contribution in [2.45, 2.75) is 0 Å². The van der Waals surface area contributed by atoms with Gasteiger partial charge in [0.05, 0.1) is 9.36 Å².